The van der Waals surface area contributed by atoms with Crippen molar-refractivity contribution in [2.24, 2.45) is 46.8 Å². The lowest BCUT2D eigenvalue weighted by molar-refractivity contribution is -0.0698. The number of ether oxygens (including phenoxy) is 1. The van der Waals surface area contributed by atoms with Gasteiger partial charge in [-0.2, -0.15) is 0 Å². The summed E-state index contributed by atoms with van der Waals surface area (Å²) >= 11 is 0. The van der Waals surface area contributed by atoms with E-state index in [2.05, 4.69) is 26.1 Å². The van der Waals surface area contributed by atoms with Crippen molar-refractivity contribution in [1.82, 2.24) is 5.32 Å². The fourth-order valence-corrected chi connectivity index (χ4v) is 9.10. The molecule has 0 bridgehead atoms. The lowest BCUT2D eigenvalue weighted by atomic mass is 9.49. The Kier molecular flexibility index (Phi) is 6.05. The Balaban J connectivity index is 1.27. The number of carbonyl (C=O) groups is 1. The van der Waals surface area contributed by atoms with Crippen LogP contribution in [0.5, 0.6) is 5.75 Å². The van der Waals surface area contributed by atoms with Crippen LogP contribution in [-0.2, 0) is 0 Å². The molecule has 4 aliphatic carbocycles. The van der Waals surface area contributed by atoms with Gasteiger partial charge in [-0.05, 0) is 123 Å². The van der Waals surface area contributed by atoms with Crippen molar-refractivity contribution >= 4 is 5.91 Å². The quantitative estimate of drug-likeness (QED) is 0.568. The second-order valence-electron chi connectivity index (χ2n) is 12.1. The van der Waals surface area contributed by atoms with E-state index in [0.29, 0.717) is 16.9 Å². The molecule has 5 rings (SSSR count). The van der Waals surface area contributed by atoms with Gasteiger partial charge in [0.05, 0.1) is 7.11 Å². The topological polar surface area (TPSA) is 38.3 Å². The van der Waals surface area contributed by atoms with Crippen molar-refractivity contribution in [3.63, 3.8) is 0 Å². The number of hydrogen-bond donors (Lipinski definition) is 1. The normalized spacial score (nSPS) is 41.7. The van der Waals surface area contributed by atoms with Gasteiger partial charge in [0.15, 0.2) is 0 Å². The fourth-order valence-electron chi connectivity index (χ4n) is 9.10. The Hall–Kier alpha value is -1.51. The van der Waals surface area contributed by atoms with Gasteiger partial charge in [0.2, 0.25) is 0 Å². The van der Waals surface area contributed by atoms with Crippen LogP contribution < -0.4 is 10.1 Å². The summed E-state index contributed by atoms with van der Waals surface area (Å²) in [6, 6.07) is 7.73. The Morgan fingerprint density at radius 2 is 1.88 bits per heavy atom. The zero-order valence-corrected chi connectivity index (χ0v) is 20.6. The fraction of sp³-hybridized carbons (Fsp3) is 0.759. The van der Waals surface area contributed by atoms with Crippen molar-refractivity contribution in [3.8, 4) is 5.75 Å². The summed E-state index contributed by atoms with van der Waals surface area (Å²) in [5.74, 6) is 7.13. The summed E-state index contributed by atoms with van der Waals surface area (Å²) in [4.78, 5) is 13.0. The van der Waals surface area contributed by atoms with E-state index in [0.717, 1.165) is 41.3 Å². The molecule has 0 spiro atoms. The predicted molar refractivity (Wildman–Crippen MR) is 130 cm³/mol. The molecule has 1 amide bonds. The summed E-state index contributed by atoms with van der Waals surface area (Å²) < 4.78 is 5.31. The van der Waals surface area contributed by atoms with Crippen LogP contribution in [0.2, 0.25) is 0 Å². The summed E-state index contributed by atoms with van der Waals surface area (Å²) in [5.41, 5.74) is 1.08. The molecule has 1 N–H and O–H groups in total. The number of carbonyl (C=O) groups excluding carboxylic acids is 1. The lowest BCUT2D eigenvalue weighted by Gasteiger charge is -2.56. The summed E-state index contributed by atoms with van der Waals surface area (Å²) in [6.07, 6.45) is 12.8. The Bertz CT molecular complexity index is 836. The van der Waals surface area contributed by atoms with Crippen LogP contribution in [0.3, 0.4) is 0 Å². The number of nitrogens with one attached hydrogen (secondary N) is 1. The third-order valence-electron chi connectivity index (χ3n) is 10.6. The predicted octanol–water partition coefficient (Wildman–Crippen LogP) is 6.72. The Morgan fingerprint density at radius 1 is 1.06 bits per heavy atom. The average molecular weight is 438 g/mol. The maximum Gasteiger partial charge on any atom is 0.251 e. The first kappa shape index (κ1) is 22.3. The van der Waals surface area contributed by atoms with Gasteiger partial charge in [-0.15, -0.1) is 0 Å². The maximum absolute atomic E-state index is 13.0. The minimum Gasteiger partial charge on any atom is -0.497 e. The van der Waals surface area contributed by atoms with Crippen molar-refractivity contribution < 1.29 is 9.53 Å². The first-order chi connectivity index (χ1) is 15.4. The van der Waals surface area contributed by atoms with Crippen molar-refractivity contribution in [2.75, 3.05) is 7.11 Å². The van der Waals surface area contributed by atoms with Crippen LogP contribution >= 0.6 is 0 Å². The Labute approximate surface area is 195 Å². The third kappa shape index (κ3) is 3.78. The van der Waals surface area contributed by atoms with Gasteiger partial charge in [-0.1, -0.05) is 26.3 Å². The summed E-state index contributed by atoms with van der Waals surface area (Å²) in [7, 11) is 1.65. The molecule has 4 saturated carbocycles. The molecule has 0 aliphatic heterocycles. The number of hydrogen-bond acceptors (Lipinski definition) is 2. The van der Waals surface area contributed by atoms with Crippen molar-refractivity contribution in [1.29, 1.82) is 0 Å². The molecule has 0 heterocycles. The first-order valence-corrected chi connectivity index (χ1v) is 13.4. The molecule has 4 fully saturated rings. The van der Waals surface area contributed by atoms with E-state index in [-0.39, 0.29) is 11.9 Å². The molecule has 176 valence electrons. The van der Waals surface area contributed by atoms with E-state index in [4.69, 9.17) is 4.74 Å². The van der Waals surface area contributed by atoms with E-state index in [1.54, 1.807) is 7.11 Å². The molecule has 1 aromatic carbocycles. The highest BCUT2D eigenvalue weighted by Gasteiger charge is 2.57. The van der Waals surface area contributed by atoms with Gasteiger partial charge in [0.1, 0.15) is 5.75 Å². The molecule has 32 heavy (non-hydrogen) atoms. The number of methoxy groups -OCH3 is 1. The van der Waals surface area contributed by atoms with Crippen LogP contribution in [0.4, 0.5) is 0 Å². The molecule has 3 heteroatoms. The van der Waals surface area contributed by atoms with Crippen LogP contribution in [0.1, 0.15) is 88.9 Å². The summed E-state index contributed by atoms with van der Waals surface area (Å²) in [5, 5.41) is 3.38. The molecule has 0 aromatic heterocycles. The van der Waals surface area contributed by atoms with Gasteiger partial charge < -0.3 is 10.1 Å². The van der Waals surface area contributed by atoms with Crippen LogP contribution in [0.15, 0.2) is 24.3 Å². The van der Waals surface area contributed by atoms with E-state index >= 15 is 0 Å². The SMILES string of the molecule is COc1cccc(C(=O)N[C@@H](C)C2CCC3[C@@H]4CC[C@@H]5C[C@@H](C)CC[C@@H]5C4CC[C@@]32C)c1. The van der Waals surface area contributed by atoms with Crippen molar-refractivity contribution in [2.45, 2.75) is 84.6 Å². The smallest absolute Gasteiger partial charge is 0.251 e. The molecular formula is C29H43NO2. The average Bonchev–Trinajstić information content (AvgIpc) is 3.16. The van der Waals surface area contributed by atoms with E-state index in [1.165, 1.54) is 57.8 Å². The summed E-state index contributed by atoms with van der Waals surface area (Å²) in [6.45, 7) is 7.31. The van der Waals surface area contributed by atoms with Gasteiger partial charge in [-0.25, -0.2) is 0 Å². The standard InChI is InChI=1S/C29H43NO2/c1-18-8-10-23-20(16-18)9-11-25-24(23)14-15-29(3)26(12-13-27(25)29)19(2)30-28(31)21-6-5-7-22(17-21)32-4/h5-7,17-20,23-27H,8-16H2,1-4H3,(H,30,31)/t18-,19-,20+,23-,24?,25+,26?,27?,29+/m0/s1. The number of fused-ring (bicyclic) bond motifs is 5. The largest absolute Gasteiger partial charge is 0.497 e. The van der Waals surface area contributed by atoms with Gasteiger partial charge in [0.25, 0.3) is 5.91 Å². The van der Waals surface area contributed by atoms with Crippen molar-refractivity contribution in [3.05, 3.63) is 29.8 Å². The minimum atomic E-state index is 0.0361. The number of amides is 1. The highest BCUT2D eigenvalue weighted by atomic mass is 16.5. The molecule has 0 radical (unpaired) electrons. The van der Waals surface area contributed by atoms with Gasteiger partial charge in [-0.3, -0.25) is 4.79 Å². The van der Waals surface area contributed by atoms with Crippen LogP contribution in [0, 0.1) is 46.8 Å². The second kappa shape index (κ2) is 8.69. The second-order valence-corrected chi connectivity index (χ2v) is 12.1. The van der Waals surface area contributed by atoms with Crippen LogP contribution in [-0.4, -0.2) is 19.1 Å². The van der Waals surface area contributed by atoms with E-state index < -0.39 is 0 Å². The highest BCUT2D eigenvalue weighted by molar-refractivity contribution is 5.94. The van der Waals surface area contributed by atoms with Crippen LogP contribution in [0.25, 0.3) is 0 Å². The maximum atomic E-state index is 13.0. The molecule has 9 atom stereocenters. The number of benzene rings is 1. The molecule has 3 nitrogen and oxygen atoms in total. The van der Waals surface area contributed by atoms with E-state index in [1.807, 2.05) is 24.3 Å². The zero-order chi connectivity index (χ0) is 22.5. The lowest BCUT2D eigenvalue weighted by Crippen LogP contribution is -2.51. The van der Waals surface area contributed by atoms with E-state index in [9.17, 15) is 4.79 Å². The molecule has 0 saturated heterocycles. The van der Waals surface area contributed by atoms with Gasteiger partial charge >= 0.3 is 0 Å². The molecule has 3 unspecified atom stereocenters. The monoisotopic (exact) mass is 437 g/mol. The third-order valence-corrected chi connectivity index (χ3v) is 10.6. The van der Waals surface area contributed by atoms with Gasteiger partial charge in [0, 0.05) is 11.6 Å². The molecule has 1 aromatic rings. The Morgan fingerprint density at radius 3 is 2.69 bits per heavy atom. The first-order valence-electron chi connectivity index (χ1n) is 13.4. The minimum absolute atomic E-state index is 0.0361. The highest BCUT2D eigenvalue weighted by Crippen LogP contribution is 2.64. The molecule has 4 aliphatic rings. The number of rotatable bonds is 4. The zero-order valence-electron chi connectivity index (χ0n) is 20.6. The molecular weight excluding hydrogens is 394 g/mol.